The molecule has 5 nitrogen and oxygen atoms in total. The zero-order valence-corrected chi connectivity index (χ0v) is 14.4. The Balaban J connectivity index is 1.83. The van der Waals surface area contributed by atoms with Crippen LogP contribution < -0.4 is 10.1 Å². The molecule has 0 bridgehead atoms. The SMILES string of the molecule is Cn1cc(OC(=O)Nc2ccccc2-c2cccc(Cl)c2)c(C(F)F)n1. The molecule has 134 valence electrons. The smallest absolute Gasteiger partial charge is 0.406 e. The summed E-state index contributed by atoms with van der Waals surface area (Å²) in [6.07, 6.45) is -2.53. The van der Waals surface area contributed by atoms with E-state index in [9.17, 15) is 13.6 Å². The van der Waals surface area contributed by atoms with Crippen LogP contribution in [-0.2, 0) is 7.05 Å². The number of halogens is 3. The monoisotopic (exact) mass is 377 g/mol. The van der Waals surface area contributed by atoms with Gasteiger partial charge < -0.3 is 4.74 Å². The first-order valence-corrected chi connectivity index (χ1v) is 7.97. The lowest BCUT2D eigenvalue weighted by molar-refractivity contribution is 0.141. The summed E-state index contributed by atoms with van der Waals surface area (Å²) in [5, 5.41) is 6.71. The lowest BCUT2D eigenvalue weighted by Gasteiger charge is -2.11. The van der Waals surface area contributed by atoms with Crippen molar-refractivity contribution in [2.45, 2.75) is 6.43 Å². The van der Waals surface area contributed by atoms with Gasteiger partial charge in [0.2, 0.25) is 0 Å². The number of nitrogens with one attached hydrogen (secondary N) is 1. The minimum Gasteiger partial charge on any atom is -0.406 e. The van der Waals surface area contributed by atoms with Crippen LogP contribution in [0.1, 0.15) is 12.1 Å². The second-order valence-corrected chi connectivity index (χ2v) is 5.86. The summed E-state index contributed by atoms with van der Waals surface area (Å²) in [6.45, 7) is 0. The molecule has 1 N–H and O–H groups in total. The first-order chi connectivity index (χ1) is 12.4. The van der Waals surface area contributed by atoms with Crippen LogP contribution in [0.2, 0.25) is 5.02 Å². The van der Waals surface area contributed by atoms with Crippen LogP contribution >= 0.6 is 11.6 Å². The van der Waals surface area contributed by atoms with Crippen LogP contribution in [0.25, 0.3) is 11.1 Å². The Morgan fingerprint density at radius 2 is 2.00 bits per heavy atom. The first-order valence-electron chi connectivity index (χ1n) is 7.59. The lowest BCUT2D eigenvalue weighted by Crippen LogP contribution is -2.17. The van der Waals surface area contributed by atoms with E-state index in [0.29, 0.717) is 16.3 Å². The highest BCUT2D eigenvalue weighted by Crippen LogP contribution is 2.31. The zero-order valence-electron chi connectivity index (χ0n) is 13.6. The fraction of sp³-hybridized carbons (Fsp3) is 0.111. The van der Waals surface area contributed by atoms with Gasteiger partial charge in [0.05, 0.1) is 11.9 Å². The molecule has 0 radical (unpaired) electrons. The Labute approximate surface area is 153 Å². The minimum atomic E-state index is -2.85. The minimum absolute atomic E-state index is 0.291. The third-order valence-corrected chi connectivity index (χ3v) is 3.77. The number of alkyl halides is 2. The molecule has 1 heterocycles. The number of carbonyl (C=O) groups excluding carboxylic acids is 1. The van der Waals surface area contributed by atoms with Gasteiger partial charge in [-0.05, 0) is 23.8 Å². The van der Waals surface area contributed by atoms with Crippen LogP contribution in [0, 0.1) is 0 Å². The van der Waals surface area contributed by atoms with Crippen LogP contribution in [0.15, 0.2) is 54.7 Å². The Bertz CT molecular complexity index is 944. The summed E-state index contributed by atoms with van der Waals surface area (Å²) in [4.78, 5) is 12.2. The van der Waals surface area contributed by atoms with E-state index in [-0.39, 0.29) is 5.75 Å². The van der Waals surface area contributed by atoms with Crippen LogP contribution in [0.4, 0.5) is 19.3 Å². The maximum absolute atomic E-state index is 12.9. The number of ether oxygens (including phenoxy) is 1. The Kier molecular flexibility index (Phi) is 5.18. The molecule has 2 aromatic carbocycles. The number of carbonyl (C=O) groups is 1. The average Bonchev–Trinajstić information content (AvgIpc) is 2.96. The molecule has 0 aliphatic rings. The predicted octanol–water partition coefficient (Wildman–Crippen LogP) is 5.29. The zero-order chi connectivity index (χ0) is 18.7. The molecule has 0 fully saturated rings. The normalized spacial score (nSPS) is 10.8. The summed E-state index contributed by atoms with van der Waals surface area (Å²) in [5.74, 6) is -0.291. The topological polar surface area (TPSA) is 56.1 Å². The van der Waals surface area contributed by atoms with Crippen molar-refractivity contribution in [3.05, 3.63) is 65.4 Å². The first kappa shape index (κ1) is 17.9. The fourth-order valence-electron chi connectivity index (χ4n) is 2.45. The molecule has 0 saturated carbocycles. The number of anilines is 1. The number of amides is 1. The van der Waals surface area contributed by atoms with Gasteiger partial charge in [0.15, 0.2) is 11.4 Å². The summed E-state index contributed by atoms with van der Waals surface area (Å²) in [5.41, 5.74) is 1.38. The summed E-state index contributed by atoms with van der Waals surface area (Å²) in [6, 6.07) is 14.1. The van der Waals surface area contributed by atoms with Crippen LogP contribution in [0.5, 0.6) is 5.75 Å². The van der Waals surface area contributed by atoms with Crippen molar-refractivity contribution in [2.24, 2.45) is 7.05 Å². The number of para-hydroxylation sites is 1. The van der Waals surface area contributed by atoms with Gasteiger partial charge >= 0.3 is 6.09 Å². The largest absolute Gasteiger partial charge is 0.417 e. The van der Waals surface area contributed by atoms with E-state index < -0.39 is 18.2 Å². The van der Waals surface area contributed by atoms with Gasteiger partial charge in [0.1, 0.15) is 0 Å². The molecular formula is C18H14ClF2N3O2. The van der Waals surface area contributed by atoms with Gasteiger partial charge in [0, 0.05) is 17.6 Å². The highest BCUT2D eigenvalue weighted by molar-refractivity contribution is 6.30. The number of aryl methyl sites for hydroxylation is 1. The Morgan fingerprint density at radius 3 is 2.73 bits per heavy atom. The van der Waals surface area contributed by atoms with Crippen molar-refractivity contribution in [3.8, 4) is 16.9 Å². The number of aromatic nitrogens is 2. The van der Waals surface area contributed by atoms with E-state index in [4.69, 9.17) is 16.3 Å². The molecule has 8 heteroatoms. The highest BCUT2D eigenvalue weighted by atomic mass is 35.5. The lowest BCUT2D eigenvalue weighted by atomic mass is 10.0. The molecule has 0 unspecified atom stereocenters. The summed E-state index contributed by atoms with van der Waals surface area (Å²) >= 11 is 6.02. The number of rotatable bonds is 4. The van der Waals surface area contributed by atoms with E-state index in [0.717, 1.165) is 10.2 Å². The van der Waals surface area contributed by atoms with Crippen molar-refractivity contribution >= 4 is 23.4 Å². The molecule has 26 heavy (non-hydrogen) atoms. The molecule has 0 atom stereocenters. The highest BCUT2D eigenvalue weighted by Gasteiger charge is 2.21. The van der Waals surface area contributed by atoms with Crippen LogP contribution in [-0.4, -0.2) is 15.9 Å². The molecule has 3 aromatic rings. The molecule has 0 spiro atoms. The van der Waals surface area contributed by atoms with Gasteiger partial charge in [-0.1, -0.05) is 41.9 Å². The maximum atomic E-state index is 12.9. The molecular weight excluding hydrogens is 364 g/mol. The predicted molar refractivity (Wildman–Crippen MR) is 94.7 cm³/mol. The molecule has 0 aliphatic heterocycles. The third kappa shape index (κ3) is 4.00. The van der Waals surface area contributed by atoms with Crippen molar-refractivity contribution in [3.63, 3.8) is 0 Å². The molecule has 0 saturated heterocycles. The second kappa shape index (κ2) is 7.53. The van der Waals surface area contributed by atoms with Crippen molar-refractivity contribution in [1.82, 2.24) is 9.78 Å². The number of hydrogen-bond donors (Lipinski definition) is 1. The third-order valence-electron chi connectivity index (χ3n) is 3.53. The summed E-state index contributed by atoms with van der Waals surface area (Å²) in [7, 11) is 1.46. The second-order valence-electron chi connectivity index (χ2n) is 5.42. The van der Waals surface area contributed by atoms with E-state index in [2.05, 4.69) is 10.4 Å². The maximum Gasteiger partial charge on any atom is 0.417 e. The van der Waals surface area contributed by atoms with Crippen molar-refractivity contribution < 1.29 is 18.3 Å². The molecule has 1 amide bonds. The fourth-order valence-corrected chi connectivity index (χ4v) is 2.64. The average molecular weight is 378 g/mol. The standard InChI is InChI=1S/C18H14ClF2N3O2/c1-24-10-15(16(23-24)17(20)21)26-18(25)22-14-8-3-2-7-13(14)11-5-4-6-12(19)9-11/h2-10,17H,1H3,(H,22,25). The van der Waals surface area contributed by atoms with E-state index in [1.54, 1.807) is 36.4 Å². The van der Waals surface area contributed by atoms with E-state index >= 15 is 0 Å². The molecule has 3 rings (SSSR count). The number of nitrogens with zero attached hydrogens (tertiary/aromatic N) is 2. The number of hydrogen-bond acceptors (Lipinski definition) is 3. The molecule has 0 aliphatic carbocycles. The van der Waals surface area contributed by atoms with Gasteiger partial charge in [0.25, 0.3) is 6.43 Å². The Hall–Kier alpha value is -2.93. The van der Waals surface area contributed by atoms with Gasteiger partial charge in [-0.3, -0.25) is 10.00 Å². The van der Waals surface area contributed by atoms with Crippen molar-refractivity contribution in [2.75, 3.05) is 5.32 Å². The molecule has 1 aromatic heterocycles. The van der Waals surface area contributed by atoms with E-state index in [1.807, 2.05) is 12.1 Å². The van der Waals surface area contributed by atoms with E-state index in [1.165, 1.54) is 13.2 Å². The van der Waals surface area contributed by atoms with Gasteiger partial charge in [-0.25, -0.2) is 13.6 Å². The van der Waals surface area contributed by atoms with Gasteiger partial charge in [-0.2, -0.15) is 5.10 Å². The quantitative estimate of drug-likeness (QED) is 0.672. The van der Waals surface area contributed by atoms with Crippen molar-refractivity contribution in [1.29, 1.82) is 0 Å². The van der Waals surface area contributed by atoms with Gasteiger partial charge in [-0.15, -0.1) is 0 Å². The Morgan fingerprint density at radius 1 is 1.23 bits per heavy atom. The summed E-state index contributed by atoms with van der Waals surface area (Å²) < 4.78 is 32.0. The van der Waals surface area contributed by atoms with Crippen LogP contribution in [0.3, 0.4) is 0 Å². The number of benzene rings is 2.